The average molecular weight is 439 g/mol. The minimum Gasteiger partial charge on any atom is -0.391 e. The van der Waals surface area contributed by atoms with Gasteiger partial charge in [0.1, 0.15) is 12.2 Å². The summed E-state index contributed by atoms with van der Waals surface area (Å²) in [5.41, 5.74) is 5.98. The Morgan fingerprint density at radius 1 is 1.21 bits per heavy atom. The van der Waals surface area contributed by atoms with E-state index in [1.165, 1.54) is 10.8 Å². The lowest BCUT2D eigenvalue weighted by molar-refractivity contribution is -0.130. The number of hydrogen-bond acceptors (Lipinski definition) is 9. The van der Waals surface area contributed by atoms with Crippen molar-refractivity contribution >= 4 is 42.0 Å². The zero-order valence-electron chi connectivity index (χ0n) is 17.4. The Labute approximate surface area is 173 Å². The molecule has 2 aromatic heterocycles. The standard InChI is InChI=1S/C18H26N4O5SSi/c1-17(2,3)29(18(4,5)6)25-8-9-12(27-29)11(23)14(26-9)22-13-10(28-16(22)24)7-20-15(19)21-13/h7,9,12,14H,8H2,1-6H3,(H2,19,20,21). The highest BCUT2D eigenvalue weighted by molar-refractivity contribution is 7.16. The number of carbonyl (C=O) groups is 1. The fourth-order valence-electron chi connectivity index (χ4n) is 4.46. The summed E-state index contributed by atoms with van der Waals surface area (Å²) in [7, 11) is -2.84. The maximum atomic E-state index is 13.3. The molecule has 3 atom stereocenters. The van der Waals surface area contributed by atoms with Gasteiger partial charge in [-0.2, -0.15) is 4.98 Å². The Kier molecular flexibility index (Phi) is 4.56. The van der Waals surface area contributed by atoms with E-state index in [2.05, 4.69) is 51.5 Å². The molecule has 2 saturated heterocycles. The van der Waals surface area contributed by atoms with Crippen molar-refractivity contribution in [2.45, 2.75) is 70.1 Å². The van der Waals surface area contributed by atoms with Crippen LogP contribution in [-0.2, 0) is 18.4 Å². The maximum Gasteiger partial charge on any atom is 0.350 e. The SMILES string of the molecule is CC(C)(C)[Si]1(C(C)(C)C)OCC2OC(n3c(=O)sc4cnc(N)nc43)C(=O)C2O1. The molecule has 9 nitrogen and oxygen atoms in total. The highest BCUT2D eigenvalue weighted by atomic mass is 32.1. The maximum absolute atomic E-state index is 13.3. The molecular formula is C18H26N4O5SSi. The van der Waals surface area contributed by atoms with Gasteiger partial charge in [-0.05, 0) is 0 Å². The third kappa shape index (κ3) is 2.98. The molecule has 29 heavy (non-hydrogen) atoms. The number of anilines is 1. The zero-order valence-corrected chi connectivity index (χ0v) is 19.2. The van der Waals surface area contributed by atoms with Crippen LogP contribution < -0.4 is 10.6 Å². The number of rotatable bonds is 1. The smallest absolute Gasteiger partial charge is 0.350 e. The highest BCUT2D eigenvalue weighted by Crippen LogP contribution is 2.55. The van der Waals surface area contributed by atoms with E-state index in [1.807, 2.05) is 0 Å². The molecule has 0 radical (unpaired) electrons. The summed E-state index contributed by atoms with van der Waals surface area (Å²) in [5.74, 6) is -0.263. The number of nitrogen functional groups attached to an aromatic ring is 1. The Bertz CT molecular complexity index is 1020. The summed E-state index contributed by atoms with van der Waals surface area (Å²) in [6.45, 7) is 12.7. The van der Waals surface area contributed by atoms with Crippen LogP contribution in [-0.4, -0.2) is 47.7 Å². The van der Waals surface area contributed by atoms with Crippen LogP contribution in [0.5, 0.6) is 0 Å². The number of ketones is 1. The van der Waals surface area contributed by atoms with Gasteiger partial charge in [-0.3, -0.25) is 9.59 Å². The Balaban J connectivity index is 1.74. The van der Waals surface area contributed by atoms with Gasteiger partial charge in [-0.15, -0.1) is 0 Å². The van der Waals surface area contributed by atoms with Crippen molar-refractivity contribution in [3.05, 3.63) is 15.9 Å². The number of fused-ring (bicyclic) bond motifs is 2. The van der Waals surface area contributed by atoms with Gasteiger partial charge in [0.25, 0.3) is 0 Å². The van der Waals surface area contributed by atoms with Crippen molar-refractivity contribution in [1.29, 1.82) is 0 Å². The van der Waals surface area contributed by atoms with E-state index in [9.17, 15) is 9.59 Å². The summed E-state index contributed by atoms with van der Waals surface area (Å²) >= 11 is 0.949. The zero-order chi connectivity index (χ0) is 21.4. The monoisotopic (exact) mass is 438 g/mol. The first kappa shape index (κ1) is 20.6. The van der Waals surface area contributed by atoms with E-state index in [1.54, 1.807) is 0 Å². The van der Waals surface area contributed by atoms with Gasteiger partial charge < -0.3 is 19.3 Å². The van der Waals surface area contributed by atoms with Gasteiger partial charge in [0, 0.05) is 10.1 Å². The van der Waals surface area contributed by atoms with Crippen LogP contribution in [0.3, 0.4) is 0 Å². The number of hydrogen-bond donors (Lipinski definition) is 1. The van der Waals surface area contributed by atoms with E-state index in [0.29, 0.717) is 10.3 Å². The van der Waals surface area contributed by atoms with Crippen molar-refractivity contribution < 1.29 is 18.4 Å². The first-order valence-corrected chi connectivity index (χ1v) is 12.1. The van der Waals surface area contributed by atoms with Crippen molar-refractivity contribution in [2.75, 3.05) is 12.3 Å². The summed E-state index contributed by atoms with van der Waals surface area (Å²) in [5, 5.41) is -0.523. The van der Waals surface area contributed by atoms with Crippen molar-refractivity contribution in [1.82, 2.24) is 14.5 Å². The predicted molar refractivity (Wildman–Crippen MR) is 111 cm³/mol. The molecule has 2 N–H and O–H groups in total. The van der Waals surface area contributed by atoms with Gasteiger partial charge >= 0.3 is 13.4 Å². The number of aromatic nitrogens is 3. The first-order valence-electron chi connectivity index (χ1n) is 9.50. The minimum absolute atomic E-state index is 0.0263. The normalized spacial score (nSPS) is 27.4. The van der Waals surface area contributed by atoms with Crippen LogP contribution in [0.25, 0.3) is 10.3 Å². The molecule has 2 aliphatic rings. The van der Waals surface area contributed by atoms with Gasteiger partial charge in [0.05, 0.1) is 17.5 Å². The highest BCUT2D eigenvalue weighted by Gasteiger charge is 2.65. The van der Waals surface area contributed by atoms with Gasteiger partial charge in [0.2, 0.25) is 18.0 Å². The molecule has 3 unspecified atom stereocenters. The van der Waals surface area contributed by atoms with E-state index < -0.39 is 27.0 Å². The molecule has 2 aliphatic heterocycles. The van der Waals surface area contributed by atoms with Crippen LogP contribution in [0.15, 0.2) is 11.0 Å². The Morgan fingerprint density at radius 2 is 1.86 bits per heavy atom. The molecule has 0 saturated carbocycles. The van der Waals surface area contributed by atoms with Crippen molar-refractivity contribution in [3.63, 3.8) is 0 Å². The van der Waals surface area contributed by atoms with Crippen LogP contribution in [0, 0.1) is 0 Å². The van der Waals surface area contributed by atoms with Crippen LogP contribution in [0.4, 0.5) is 5.95 Å². The average Bonchev–Trinajstić information content (AvgIpc) is 3.08. The van der Waals surface area contributed by atoms with Crippen molar-refractivity contribution in [3.8, 4) is 0 Å². The van der Waals surface area contributed by atoms with Gasteiger partial charge in [-0.1, -0.05) is 52.9 Å². The molecule has 0 aliphatic carbocycles. The topological polar surface area (TPSA) is 119 Å². The number of carbonyl (C=O) groups excluding carboxylic acids is 1. The van der Waals surface area contributed by atoms with Crippen LogP contribution >= 0.6 is 11.3 Å². The van der Waals surface area contributed by atoms with Gasteiger partial charge in [0.15, 0.2) is 5.65 Å². The first-order chi connectivity index (χ1) is 13.4. The fraction of sp³-hybridized carbons (Fsp3) is 0.667. The number of nitrogens with zero attached hydrogens (tertiary/aromatic N) is 3. The number of Topliss-reactive ketones (excluding diaryl/α,β-unsaturated/α-hetero) is 1. The molecule has 0 aromatic carbocycles. The molecule has 2 aromatic rings. The second-order valence-corrected chi connectivity index (χ2v) is 15.3. The predicted octanol–water partition coefficient (Wildman–Crippen LogP) is 2.36. The molecule has 2 fully saturated rings. The van der Waals surface area contributed by atoms with E-state index in [-0.39, 0.29) is 33.3 Å². The van der Waals surface area contributed by atoms with E-state index in [0.717, 1.165) is 11.3 Å². The molecule has 4 rings (SSSR count). The molecular weight excluding hydrogens is 412 g/mol. The summed E-state index contributed by atoms with van der Waals surface area (Å²) in [6.07, 6.45) is -0.989. The Morgan fingerprint density at radius 3 is 2.48 bits per heavy atom. The van der Waals surface area contributed by atoms with E-state index >= 15 is 0 Å². The van der Waals surface area contributed by atoms with E-state index in [4.69, 9.17) is 19.3 Å². The van der Waals surface area contributed by atoms with Gasteiger partial charge in [-0.25, -0.2) is 9.55 Å². The second kappa shape index (κ2) is 6.42. The number of thiazole rings is 1. The quantitative estimate of drug-likeness (QED) is 0.674. The minimum atomic E-state index is -2.84. The molecule has 0 amide bonds. The third-order valence-corrected chi connectivity index (χ3v) is 11.5. The lowest BCUT2D eigenvalue weighted by Crippen LogP contribution is -2.65. The molecule has 0 spiro atoms. The van der Waals surface area contributed by atoms with Crippen LogP contribution in [0.1, 0.15) is 47.8 Å². The molecule has 11 heteroatoms. The summed E-state index contributed by atoms with van der Waals surface area (Å²) in [4.78, 5) is 33.7. The van der Waals surface area contributed by atoms with Crippen LogP contribution in [0.2, 0.25) is 10.1 Å². The third-order valence-electron chi connectivity index (χ3n) is 5.50. The lowest BCUT2D eigenvalue weighted by Gasteiger charge is -2.52. The fourth-order valence-corrected chi connectivity index (χ4v) is 10.2. The summed E-state index contributed by atoms with van der Waals surface area (Å²) in [6, 6.07) is 0. The summed E-state index contributed by atoms with van der Waals surface area (Å²) < 4.78 is 20.6. The molecule has 0 bridgehead atoms. The second-order valence-electron chi connectivity index (χ2n) is 9.55. The largest absolute Gasteiger partial charge is 0.391 e. The van der Waals surface area contributed by atoms with Crippen molar-refractivity contribution in [2.24, 2.45) is 0 Å². The molecule has 4 heterocycles. The molecule has 158 valence electrons. The number of nitrogens with two attached hydrogens (primary N) is 1. The Hall–Kier alpha value is -1.66. The number of ether oxygens (including phenoxy) is 1. The lowest BCUT2D eigenvalue weighted by atomic mass is 10.1.